The van der Waals surface area contributed by atoms with Crippen LogP contribution in [0.5, 0.6) is 11.5 Å². The summed E-state index contributed by atoms with van der Waals surface area (Å²) in [5.41, 5.74) is 3.80. The van der Waals surface area contributed by atoms with Crippen molar-refractivity contribution in [1.82, 2.24) is 9.88 Å². The number of halogens is 1. The highest BCUT2D eigenvalue weighted by Gasteiger charge is 2.14. The van der Waals surface area contributed by atoms with Crippen molar-refractivity contribution in [2.75, 3.05) is 14.2 Å². The van der Waals surface area contributed by atoms with Crippen LogP contribution in [0.3, 0.4) is 0 Å². The lowest BCUT2D eigenvalue weighted by Crippen LogP contribution is -2.24. The maximum absolute atomic E-state index is 12.9. The Hall–Kier alpha value is -4.02. The summed E-state index contributed by atoms with van der Waals surface area (Å²) in [6.07, 6.45) is 3.62. The standard InChI is InChI=1S/C28H24BrN3O3/c1-34-24-12-9-20(27(14-24)35-2)16-31-28(33)21(15-30)13-22-18-32(26-6-4-3-5-25(22)26)17-19-7-10-23(29)11-8-19/h3-14,18H,16-17H2,1-2H3,(H,31,33)/b21-13+. The van der Waals surface area contributed by atoms with Gasteiger partial charge in [0.1, 0.15) is 23.1 Å². The number of fused-ring (bicyclic) bond motifs is 1. The number of aromatic nitrogens is 1. The fourth-order valence-corrected chi connectivity index (χ4v) is 4.14. The lowest BCUT2D eigenvalue weighted by molar-refractivity contribution is -0.117. The van der Waals surface area contributed by atoms with E-state index in [1.807, 2.05) is 54.7 Å². The molecule has 0 saturated carbocycles. The molecule has 6 nitrogen and oxygen atoms in total. The summed E-state index contributed by atoms with van der Waals surface area (Å²) >= 11 is 3.47. The van der Waals surface area contributed by atoms with Crippen LogP contribution in [0.4, 0.5) is 0 Å². The Kier molecular flexibility index (Phi) is 7.54. The second-order valence-corrected chi connectivity index (χ2v) is 8.80. The summed E-state index contributed by atoms with van der Waals surface area (Å²) in [5, 5.41) is 13.5. The van der Waals surface area contributed by atoms with Gasteiger partial charge < -0.3 is 19.4 Å². The minimum absolute atomic E-state index is 0.0315. The van der Waals surface area contributed by atoms with E-state index in [4.69, 9.17) is 9.47 Å². The molecule has 0 fully saturated rings. The third kappa shape index (κ3) is 5.56. The number of nitriles is 1. The molecule has 35 heavy (non-hydrogen) atoms. The highest BCUT2D eigenvalue weighted by Crippen LogP contribution is 2.26. The molecule has 0 unspecified atom stereocenters. The van der Waals surface area contributed by atoms with Crippen molar-refractivity contribution in [3.8, 4) is 17.6 Å². The molecule has 0 aliphatic heterocycles. The van der Waals surface area contributed by atoms with Crippen LogP contribution in [-0.2, 0) is 17.9 Å². The molecule has 0 saturated heterocycles. The van der Waals surface area contributed by atoms with Crippen molar-refractivity contribution in [2.45, 2.75) is 13.1 Å². The molecule has 0 aliphatic rings. The Balaban J connectivity index is 1.58. The summed E-state index contributed by atoms with van der Waals surface area (Å²) in [6, 6.07) is 23.5. The van der Waals surface area contributed by atoms with Gasteiger partial charge >= 0.3 is 0 Å². The number of carbonyl (C=O) groups excluding carboxylic acids is 1. The minimum atomic E-state index is -0.449. The molecule has 0 aliphatic carbocycles. The van der Waals surface area contributed by atoms with Gasteiger partial charge in [0.2, 0.25) is 0 Å². The van der Waals surface area contributed by atoms with Gasteiger partial charge in [-0.1, -0.05) is 46.3 Å². The van der Waals surface area contributed by atoms with E-state index in [1.54, 1.807) is 32.4 Å². The van der Waals surface area contributed by atoms with Crippen LogP contribution >= 0.6 is 15.9 Å². The third-order valence-electron chi connectivity index (χ3n) is 5.68. The maximum Gasteiger partial charge on any atom is 0.262 e. The van der Waals surface area contributed by atoms with Gasteiger partial charge in [0.25, 0.3) is 5.91 Å². The number of ether oxygens (including phenoxy) is 2. The van der Waals surface area contributed by atoms with Crippen molar-refractivity contribution >= 4 is 38.8 Å². The van der Waals surface area contributed by atoms with Gasteiger partial charge in [-0.05, 0) is 42.0 Å². The monoisotopic (exact) mass is 529 g/mol. The molecule has 0 bridgehead atoms. The fraction of sp³-hybridized carbons (Fsp3) is 0.143. The molecule has 1 amide bonds. The van der Waals surface area contributed by atoms with Crippen molar-refractivity contribution in [3.05, 3.63) is 99.7 Å². The van der Waals surface area contributed by atoms with Gasteiger partial charge in [0, 0.05) is 51.9 Å². The van der Waals surface area contributed by atoms with Crippen LogP contribution in [0.15, 0.2) is 83.0 Å². The molecular formula is C28H24BrN3O3. The summed E-state index contributed by atoms with van der Waals surface area (Å²) in [5.74, 6) is 0.812. The van der Waals surface area contributed by atoms with Crippen molar-refractivity contribution in [1.29, 1.82) is 5.26 Å². The van der Waals surface area contributed by atoms with E-state index in [0.29, 0.717) is 18.0 Å². The maximum atomic E-state index is 12.9. The molecule has 176 valence electrons. The smallest absolute Gasteiger partial charge is 0.262 e. The average molecular weight is 530 g/mol. The van der Waals surface area contributed by atoms with Crippen LogP contribution in [0.1, 0.15) is 16.7 Å². The Bertz CT molecular complexity index is 1430. The van der Waals surface area contributed by atoms with Gasteiger partial charge in [-0.2, -0.15) is 5.26 Å². The number of rotatable bonds is 8. The zero-order valence-electron chi connectivity index (χ0n) is 19.4. The molecule has 0 radical (unpaired) electrons. The summed E-state index contributed by atoms with van der Waals surface area (Å²) < 4.78 is 13.8. The van der Waals surface area contributed by atoms with Crippen LogP contribution in [0.25, 0.3) is 17.0 Å². The Morgan fingerprint density at radius 1 is 1.09 bits per heavy atom. The number of nitrogens with zero attached hydrogens (tertiary/aromatic N) is 2. The Morgan fingerprint density at radius 3 is 2.57 bits per heavy atom. The molecule has 4 aromatic rings. The number of hydrogen-bond acceptors (Lipinski definition) is 4. The van der Waals surface area contributed by atoms with E-state index in [-0.39, 0.29) is 12.1 Å². The van der Waals surface area contributed by atoms with E-state index in [1.165, 1.54) is 0 Å². The van der Waals surface area contributed by atoms with E-state index in [2.05, 4.69) is 37.9 Å². The Labute approximate surface area is 212 Å². The zero-order valence-corrected chi connectivity index (χ0v) is 21.0. The molecule has 0 spiro atoms. The van der Waals surface area contributed by atoms with Crippen molar-refractivity contribution in [3.63, 3.8) is 0 Å². The highest BCUT2D eigenvalue weighted by molar-refractivity contribution is 9.10. The first-order chi connectivity index (χ1) is 17.0. The Morgan fingerprint density at radius 2 is 1.86 bits per heavy atom. The number of benzene rings is 3. The van der Waals surface area contributed by atoms with E-state index in [9.17, 15) is 10.1 Å². The van der Waals surface area contributed by atoms with Gasteiger partial charge in [-0.25, -0.2) is 0 Å². The number of hydrogen-bond donors (Lipinski definition) is 1. The first kappa shape index (κ1) is 24.1. The van der Waals surface area contributed by atoms with E-state index < -0.39 is 5.91 Å². The lowest BCUT2D eigenvalue weighted by atomic mass is 10.1. The third-order valence-corrected chi connectivity index (χ3v) is 6.21. The fourth-order valence-electron chi connectivity index (χ4n) is 3.88. The predicted molar refractivity (Wildman–Crippen MR) is 140 cm³/mol. The van der Waals surface area contributed by atoms with Gasteiger partial charge in [0.15, 0.2) is 0 Å². The van der Waals surface area contributed by atoms with Gasteiger partial charge in [-0.15, -0.1) is 0 Å². The molecule has 7 heteroatoms. The molecule has 1 heterocycles. The number of nitrogens with one attached hydrogen (secondary N) is 1. The van der Waals surface area contributed by atoms with Gasteiger partial charge in [0.05, 0.1) is 14.2 Å². The zero-order chi connectivity index (χ0) is 24.8. The summed E-state index contributed by atoms with van der Waals surface area (Å²) in [7, 11) is 3.14. The van der Waals surface area contributed by atoms with Crippen LogP contribution in [-0.4, -0.2) is 24.7 Å². The number of carbonyl (C=O) groups is 1. The molecule has 1 aromatic heterocycles. The SMILES string of the molecule is COc1ccc(CNC(=O)/C(C#N)=C/c2cn(Cc3ccc(Br)cc3)c3ccccc23)c(OC)c1. The van der Waals surface area contributed by atoms with E-state index >= 15 is 0 Å². The second kappa shape index (κ2) is 10.9. The topological polar surface area (TPSA) is 76.3 Å². The minimum Gasteiger partial charge on any atom is -0.497 e. The lowest BCUT2D eigenvalue weighted by Gasteiger charge is -2.11. The molecule has 1 N–H and O–H groups in total. The molecule has 0 atom stereocenters. The van der Waals surface area contributed by atoms with Crippen LogP contribution < -0.4 is 14.8 Å². The highest BCUT2D eigenvalue weighted by atomic mass is 79.9. The number of amides is 1. The predicted octanol–water partition coefficient (Wildman–Crippen LogP) is 5.69. The normalized spacial score (nSPS) is 11.2. The molecule has 3 aromatic carbocycles. The van der Waals surface area contributed by atoms with Crippen LogP contribution in [0, 0.1) is 11.3 Å². The molecular weight excluding hydrogens is 506 g/mol. The van der Waals surface area contributed by atoms with E-state index in [0.717, 1.165) is 32.1 Å². The number of methoxy groups -OCH3 is 2. The van der Waals surface area contributed by atoms with Crippen LogP contribution in [0.2, 0.25) is 0 Å². The largest absolute Gasteiger partial charge is 0.497 e. The molecule has 4 rings (SSSR count). The summed E-state index contributed by atoms with van der Waals surface area (Å²) in [6.45, 7) is 0.892. The quantitative estimate of drug-likeness (QED) is 0.235. The van der Waals surface area contributed by atoms with Gasteiger partial charge in [-0.3, -0.25) is 4.79 Å². The van der Waals surface area contributed by atoms with Crippen molar-refractivity contribution < 1.29 is 14.3 Å². The first-order valence-electron chi connectivity index (χ1n) is 11.0. The first-order valence-corrected chi connectivity index (χ1v) is 11.7. The average Bonchev–Trinajstić information content (AvgIpc) is 3.23. The summed E-state index contributed by atoms with van der Waals surface area (Å²) in [4.78, 5) is 12.9. The number of para-hydroxylation sites is 1. The van der Waals surface area contributed by atoms with Crippen molar-refractivity contribution in [2.24, 2.45) is 0 Å². The second-order valence-electron chi connectivity index (χ2n) is 7.89.